The molecule has 1 atom stereocenters. The first-order valence-corrected chi connectivity index (χ1v) is 9.62. The molecule has 0 heterocycles. The van der Waals surface area contributed by atoms with Crippen LogP contribution in [0.25, 0.3) is 10.8 Å². The summed E-state index contributed by atoms with van der Waals surface area (Å²) in [4.78, 5) is 36.1. The molecule has 0 saturated carbocycles. The molecule has 2 N–H and O–H groups in total. The number of nitrogens with zero attached hydrogens (tertiary/aromatic N) is 1. The maximum Gasteiger partial charge on any atom is 0.273 e. The molecule has 0 radical (unpaired) electrons. The minimum Gasteiger partial charge on any atom is -0.340 e. The van der Waals surface area contributed by atoms with Crippen LogP contribution in [0.4, 0.5) is 11.4 Å². The second kappa shape index (κ2) is 8.73. The molecule has 154 valence electrons. The lowest BCUT2D eigenvalue weighted by Crippen LogP contribution is -2.47. The second-order valence-corrected chi connectivity index (χ2v) is 7.50. The fourth-order valence-electron chi connectivity index (χ4n) is 3.19. The third kappa shape index (κ3) is 4.63. The highest BCUT2D eigenvalue weighted by Crippen LogP contribution is 2.21. The summed E-state index contributed by atoms with van der Waals surface area (Å²) in [5.74, 6) is -1.07. The predicted octanol–water partition coefficient (Wildman–Crippen LogP) is 4.45. The van der Waals surface area contributed by atoms with Crippen molar-refractivity contribution in [3.8, 4) is 0 Å². The Morgan fingerprint density at radius 2 is 1.67 bits per heavy atom. The van der Waals surface area contributed by atoms with Gasteiger partial charge in [-0.1, -0.05) is 50.2 Å². The lowest BCUT2D eigenvalue weighted by Gasteiger charge is -2.22. The molecule has 0 aromatic heterocycles. The molecule has 0 aliphatic rings. The second-order valence-electron chi connectivity index (χ2n) is 7.50. The standard InChI is InChI=1S/C23H23N3O4/c1-14(2)21(25-22(27)18-9-8-15(3)20(13-18)26(29)30)23(28)24-19-11-10-16-6-4-5-7-17(16)12-19/h4-14,21H,1-3H3,(H,24,28)(H,25,27). The van der Waals surface area contributed by atoms with Gasteiger partial charge in [0.1, 0.15) is 6.04 Å². The molecule has 0 aliphatic carbocycles. The Bertz CT molecular complexity index is 1120. The normalized spacial score (nSPS) is 11.9. The monoisotopic (exact) mass is 405 g/mol. The van der Waals surface area contributed by atoms with Crippen LogP contribution < -0.4 is 10.6 Å². The van der Waals surface area contributed by atoms with Gasteiger partial charge < -0.3 is 10.6 Å². The van der Waals surface area contributed by atoms with E-state index < -0.39 is 16.9 Å². The first-order valence-electron chi connectivity index (χ1n) is 9.62. The highest BCUT2D eigenvalue weighted by molar-refractivity contribution is 6.02. The van der Waals surface area contributed by atoms with Crippen LogP contribution in [-0.4, -0.2) is 22.8 Å². The number of nitro groups is 1. The van der Waals surface area contributed by atoms with Gasteiger partial charge in [-0.15, -0.1) is 0 Å². The molecule has 3 rings (SSSR count). The lowest BCUT2D eigenvalue weighted by atomic mass is 10.0. The highest BCUT2D eigenvalue weighted by atomic mass is 16.6. The number of hydrogen-bond donors (Lipinski definition) is 2. The zero-order valence-electron chi connectivity index (χ0n) is 17.0. The number of hydrogen-bond acceptors (Lipinski definition) is 4. The SMILES string of the molecule is Cc1ccc(C(=O)NC(C(=O)Nc2ccc3ccccc3c2)C(C)C)cc1[N+](=O)[O-]. The van der Waals surface area contributed by atoms with Gasteiger partial charge in [-0.05, 0) is 41.8 Å². The molecule has 30 heavy (non-hydrogen) atoms. The van der Waals surface area contributed by atoms with Crippen LogP contribution in [0.5, 0.6) is 0 Å². The molecule has 7 nitrogen and oxygen atoms in total. The maximum absolute atomic E-state index is 12.9. The summed E-state index contributed by atoms with van der Waals surface area (Å²) in [7, 11) is 0. The van der Waals surface area contributed by atoms with E-state index in [1.165, 1.54) is 18.2 Å². The third-order valence-corrected chi connectivity index (χ3v) is 4.92. The third-order valence-electron chi connectivity index (χ3n) is 4.92. The lowest BCUT2D eigenvalue weighted by molar-refractivity contribution is -0.385. The molecule has 7 heteroatoms. The summed E-state index contributed by atoms with van der Waals surface area (Å²) in [6.07, 6.45) is 0. The number of nitrogens with one attached hydrogen (secondary N) is 2. The van der Waals surface area contributed by atoms with E-state index >= 15 is 0 Å². The van der Waals surface area contributed by atoms with E-state index in [-0.39, 0.29) is 23.1 Å². The van der Waals surface area contributed by atoms with E-state index in [2.05, 4.69) is 10.6 Å². The Hall–Kier alpha value is -3.74. The van der Waals surface area contributed by atoms with Crippen LogP contribution >= 0.6 is 0 Å². The number of aryl methyl sites for hydroxylation is 1. The van der Waals surface area contributed by atoms with Crippen molar-refractivity contribution in [3.05, 3.63) is 81.9 Å². The van der Waals surface area contributed by atoms with E-state index in [0.29, 0.717) is 11.3 Å². The van der Waals surface area contributed by atoms with Gasteiger partial charge in [0.05, 0.1) is 4.92 Å². The topological polar surface area (TPSA) is 101 Å². The smallest absolute Gasteiger partial charge is 0.273 e. The Labute approximate surface area is 174 Å². The number of rotatable bonds is 6. The quantitative estimate of drug-likeness (QED) is 0.467. The van der Waals surface area contributed by atoms with E-state index in [4.69, 9.17) is 0 Å². The van der Waals surface area contributed by atoms with Gasteiger partial charge >= 0.3 is 0 Å². The Morgan fingerprint density at radius 3 is 2.33 bits per heavy atom. The van der Waals surface area contributed by atoms with Gasteiger partial charge in [0.15, 0.2) is 0 Å². The number of nitro benzene ring substituents is 1. The van der Waals surface area contributed by atoms with Crippen LogP contribution in [0, 0.1) is 23.0 Å². The van der Waals surface area contributed by atoms with Crippen molar-refractivity contribution in [1.82, 2.24) is 5.32 Å². The van der Waals surface area contributed by atoms with Gasteiger partial charge in [0.2, 0.25) is 5.91 Å². The Balaban J connectivity index is 1.77. The van der Waals surface area contributed by atoms with Crippen LogP contribution in [0.15, 0.2) is 60.7 Å². The van der Waals surface area contributed by atoms with Crippen molar-refractivity contribution in [1.29, 1.82) is 0 Å². The number of carbonyl (C=O) groups excluding carboxylic acids is 2. The van der Waals surface area contributed by atoms with Crippen LogP contribution in [-0.2, 0) is 4.79 Å². The van der Waals surface area contributed by atoms with Gasteiger partial charge in [0.25, 0.3) is 11.6 Å². The first-order chi connectivity index (χ1) is 14.3. The number of benzene rings is 3. The van der Waals surface area contributed by atoms with Gasteiger partial charge in [-0.25, -0.2) is 0 Å². The van der Waals surface area contributed by atoms with Crippen molar-refractivity contribution >= 4 is 34.0 Å². The molecule has 3 aromatic carbocycles. The fraction of sp³-hybridized carbons (Fsp3) is 0.217. The largest absolute Gasteiger partial charge is 0.340 e. The van der Waals surface area contributed by atoms with Crippen molar-refractivity contribution < 1.29 is 14.5 Å². The maximum atomic E-state index is 12.9. The summed E-state index contributed by atoms with van der Waals surface area (Å²) in [6.45, 7) is 5.25. The molecule has 3 aromatic rings. The molecule has 0 fully saturated rings. The first kappa shape index (κ1) is 21.0. The molecule has 0 saturated heterocycles. The van der Waals surface area contributed by atoms with Crippen molar-refractivity contribution in [2.24, 2.45) is 5.92 Å². The zero-order valence-corrected chi connectivity index (χ0v) is 17.0. The van der Waals surface area contributed by atoms with Gasteiger partial charge in [0, 0.05) is 22.9 Å². The van der Waals surface area contributed by atoms with Crippen LogP contribution in [0.2, 0.25) is 0 Å². The minimum atomic E-state index is -0.802. The zero-order chi connectivity index (χ0) is 21.8. The summed E-state index contributed by atoms with van der Waals surface area (Å²) < 4.78 is 0. The molecule has 1 unspecified atom stereocenters. The Kier molecular flexibility index (Phi) is 6.11. The number of amides is 2. The average molecular weight is 405 g/mol. The predicted molar refractivity (Wildman–Crippen MR) is 117 cm³/mol. The van der Waals surface area contributed by atoms with E-state index in [1.54, 1.807) is 6.92 Å². The van der Waals surface area contributed by atoms with Crippen LogP contribution in [0.1, 0.15) is 29.8 Å². The summed E-state index contributed by atoms with van der Waals surface area (Å²) in [5.41, 5.74) is 1.09. The number of anilines is 1. The molecule has 0 spiro atoms. The number of fused-ring (bicyclic) bond motifs is 1. The average Bonchev–Trinajstić information content (AvgIpc) is 2.71. The summed E-state index contributed by atoms with van der Waals surface area (Å²) in [5, 5.41) is 18.7. The summed E-state index contributed by atoms with van der Waals surface area (Å²) >= 11 is 0. The highest BCUT2D eigenvalue weighted by Gasteiger charge is 2.26. The van der Waals surface area contributed by atoms with Gasteiger partial charge in [-0.3, -0.25) is 19.7 Å². The van der Waals surface area contributed by atoms with Crippen LogP contribution in [0.3, 0.4) is 0 Å². The minimum absolute atomic E-state index is 0.135. The fourth-order valence-corrected chi connectivity index (χ4v) is 3.19. The summed E-state index contributed by atoms with van der Waals surface area (Å²) in [6, 6.07) is 16.9. The van der Waals surface area contributed by atoms with Crippen molar-refractivity contribution in [2.75, 3.05) is 5.32 Å². The van der Waals surface area contributed by atoms with E-state index in [0.717, 1.165) is 10.8 Å². The molecular weight excluding hydrogens is 382 g/mol. The molecule has 0 bridgehead atoms. The van der Waals surface area contributed by atoms with Crippen molar-refractivity contribution in [3.63, 3.8) is 0 Å². The number of carbonyl (C=O) groups is 2. The van der Waals surface area contributed by atoms with Crippen molar-refractivity contribution in [2.45, 2.75) is 26.8 Å². The Morgan fingerprint density at radius 1 is 0.967 bits per heavy atom. The van der Waals surface area contributed by atoms with Gasteiger partial charge in [-0.2, -0.15) is 0 Å². The molecule has 2 amide bonds. The van der Waals surface area contributed by atoms with E-state index in [9.17, 15) is 19.7 Å². The molecular formula is C23H23N3O4. The molecule has 0 aliphatic heterocycles. The van der Waals surface area contributed by atoms with E-state index in [1.807, 2.05) is 56.3 Å².